The van der Waals surface area contributed by atoms with E-state index in [1.54, 1.807) is 18.2 Å². The molecule has 1 N–H and O–H groups in total. The molecule has 0 bridgehead atoms. The molecule has 15 heavy (non-hydrogen) atoms. The number of halogens is 2. The zero-order valence-corrected chi connectivity index (χ0v) is 10.5. The Hall–Kier alpha value is -0.770. The van der Waals surface area contributed by atoms with E-state index in [0.29, 0.717) is 0 Å². The fourth-order valence-corrected chi connectivity index (χ4v) is 2.39. The maximum absolute atomic E-state index is 11.2. The van der Waals surface area contributed by atoms with Gasteiger partial charge in [-0.15, -0.1) is 0 Å². The molecule has 0 spiro atoms. The first-order valence-corrected chi connectivity index (χ1v) is 6.59. The Kier molecular flexibility index (Phi) is 3.97. The van der Waals surface area contributed by atoms with E-state index in [0.717, 1.165) is 4.47 Å². The Labute approximate surface area is 101 Å². The van der Waals surface area contributed by atoms with Gasteiger partial charge in [-0.3, -0.25) is 4.72 Å². The second-order valence-corrected chi connectivity index (χ2v) is 5.69. The van der Waals surface area contributed by atoms with Crippen molar-refractivity contribution in [2.45, 2.75) is 0 Å². The van der Waals surface area contributed by atoms with Crippen molar-refractivity contribution in [2.75, 3.05) is 10.5 Å². The van der Waals surface area contributed by atoms with E-state index >= 15 is 0 Å². The molecule has 0 aliphatic heterocycles. The summed E-state index contributed by atoms with van der Waals surface area (Å²) in [5.74, 6) is -0.598. The van der Waals surface area contributed by atoms with Gasteiger partial charge in [-0.1, -0.05) is 27.5 Å². The second kappa shape index (κ2) is 4.84. The highest BCUT2D eigenvalue weighted by atomic mass is 79.9. The zero-order valence-electron chi connectivity index (χ0n) is 7.37. The van der Waals surface area contributed by atoms with Gasteiger partial charge in [0.25, 0.3) is 0 Å². The van der Waals surface area contributed by atoms with Crippen molar-refractivity contribution in [3.63, 3.8) is 0 Å². The van der Waals surface area contributed by atoms with Crippen LogP contribution >= 0.6 is 27.5 Å². The van der Waals surface area contributed by atoms with Crippen molar-refractivity contribution in [1.29, 1.82) is 5.26 Å². The molecule has 0 saturated carbocycles. The minimum absolute atomic E-state index is 0.259. The summed E-state index contributed by atoms with van der Waals surface area (Å²) < 4.78 is 25.4. The van der Waals surface area contributed by atoms with Gasteiger partial charge in [0.05, 0.1) is 16.8 Å². The third-order valence-electron chi connectivity index (χ3n) is 1.45. The molecule has 0 radical (unpaired) electrons. The summed E-state index contributed by atoms with van der Waals surface area (Å²) in [5.41, 5.74) is 0.259. The van der Waals surface area contributed by atoms with Crippen molar-refractivity contribution in [3.8, 4) is 6.07 Å². The van der Waals surface area contributed by atoms with Crippen molar-refractivity contribution in [2.24, 2.45) is 0 Å². The summed E-state index contributed by atoms with van der Waals surface area (Å²) in [7, 11) is -3.63. The SMILES string of the molecule is N#CCS(=O)(=O)Nc1ccc(Br)cc1Cl. The monoisotopic (exact) mass is 308 g/mol. The third-order valence-corrected chi connectivity index (χ3v) is 3.30. The zero-order chi connectivity index (χ0) is 11.5. The fourth-order valence-electron chi connectivity index (χ4n) is 0.861. The van der Waals surface area contributed by atoms with E-state index in [2.05, 4.69) is 20.7 Å². The van der Waals surface area contributed by atoms with E-state index < -0.39 is 15.8 Å². The van der Waals surface area contributed by atoms with Crippen LogP contribution in [0.5, 0.6) is 0 Å². The lowest BCUT2D eigenvalue weighted by atomic mass is 10.3. The van der Waals surface area contributed by atoms with Gasteiger partial charge in [0.2, 0.25) is 10.0 Å². The molecule has 0 aromatic heterocycles. The van der Waals surface area contributed by atoms with Gasteiger partial charge in [0.1, 0.15) is 0 Å². The molecule has 1 aromatic carbocycles. The van der Waals surface area contributed by atoms with E-state index in [4.69, 9.17) is 16.9 Å². The van der Waals surface area contributed by atoms with Gasteiger partial charge in [0, 0.05) is 4.47 Å². The number of anilines is 1. The molecule has 0 aliphatic rings. The molecule has 0 amide bonds. The Balaban J connectivity index is 2.96. The summed E-state index contributed by atoms with van der Waals surface area (Å²) in [6.45, 7) is 0. The normalized spacial score (nSPS) is 10.7. The highest BCUT2D eigenvalue weighted by Crippen LogP contribution is 2.26. The number of benzene rings is 1. The maximum Gasteiger partial charge on any atom is 0.246 e. The first-order valence-electron chi connectivity index (χ1n) is 3.77. The highest BCUT2D eigenvalue weighted by molar-refractivity contribution is 9.10. The molecule has 0 heterocycles. The van der Waals surface area contributed by atoms with Crippen LogP contribution in [0, 0.1) is 11.3 Å². The van der Waals surface area contributed by atoms with Gasteiger partial charge in [-0.05, 0) is 18.2 Å². The average Bonchev–Trinajstić information content (AvgIpc) is 2.09. The molecule has 1 rings (SSSR count). The number of rotatable bonds is 3. The number of nitriles is 1. The molecule has 0 saturated heterocycles. The molecular formula is C8H6BrClN2O2S. The van der Waals surface area contributed by atoms with Crippen LogP contribution in [-0.2, 0) is 10.0 Å². The Morgan fingerprint density at radius 1 is 1.53 bits per heavy atom. The van der Waals surface area contributed by atoms with Crippen LogP contribution in [0.1, 0.15) is 0 Å². The molecule has 4 nitrogen and oxygen atoms in total. The Morgan fingerprint density at radius 3 is 2.73 bits per heavy atom. The van der Waals surface area contributed by atoms with Crippen LogP contribution in [-0.4, -0.2) is 14.2 Å². The first-order chi connectivity index (χ1) is 6.94. The number of nitrogens with zero attached hydrogens (tertiary/aromatic N) is 1. The van der Waals surface area contributed by atoms with E-state index in [-0.39, 0.29) is 10.7 Å². The van der Waals surface area contributed by atoms with Gasteiger partial charge < -0.3 is 0 Å². The number of hydrogen-bond donors (Lipinski definition) is 1. The van der Waals surface area contributed by atoms with E-state index in [1.165, 1.54) is 6.07 Å². The van der Waals surface area contributed by atoms with E-state index in [1.807, 2.05) is 0 Å². The topological polar surface area (TPSA) is 70.0 Å². The molecule has 0 unspecified atom stereocenters. The molecule has 1 aromatic rings. The summed E-state index contributed by atoms with van der Waals surface area (Å²) in [6.07, 6.45) is 0. The van der Waals surface area contributed by atoms with Gasteiger partial charge in [-0.25, -0.2) is 8.42 Å². The molecule has 80 valence electrons. The van der Waals surface area contributed by atoms with Crippen LogP contribution in [0.15, 0.2) is 22.7 Å². The lowest BCUT2D eigenvalue weighted by Crippen LogP contribution is -2.15. The van der Waals surface area contributed by atoms with Crippen LogP contribution < -0.4 is 4.72 Å². The van der Waals surface area contributed by atoms with Crippen molar-refractivity contribution in [3.05, 3.63) is 27.7 Å². The minimum atomic E-state index is -3.63. The standard InChI is InChI=1S/C8H6BrClN2O2S/c9-6-1-2-8(7(10)5-6)12-15(13,14)4-3-11/h1-2,5,12H,4H2. The first kappa shape index (κ1) is 12.3. The van der Waals surface area contributed by atoms with Crippen molar-refractivity contribution in [1.82, 2.24) is 0 Å². The van der Waals surface area contributed by atoms with Crippen LogP contribution in [0.4, 0.5) is 5.69 Å². The van der Waals surface area contributed by atoms with Crippen LogP contribution in [0.3, 0.4) is 0 Å². The quantitative estimate of drug-likeness (QED) is 0.932. The summed E-state index contributed by atoms with van der Waals surface area (Å²) in [4.78, 5) is 0. The summed E-state index contributed by atoms with van der Waals surface area (Å²) in [6, 6.07) is 6.28. The third kappa shape index (κ3) is 3.70. The number of sulfonamides is 1. The Morgan fingerprint density at radius 2 is 2.20 bits per heavy atom. The number of hydrogen-bond acceptors (Lipinski definition) is 3. The second-order valence-electron chi connectivity index (χ2n) is 2.64. The van der Waals surface area contributed by atoms with E-state index in [9.17, 15) is 8.42 Å². The molecule has 0 fully saturated rings. The predicted molar refractivity (Wildman–Crippen MR) is 62.2 cm³/mol. The Bertz CT molecular complexity index is 510. The maximum atomic E-state index is 11.2. The lowest BCUT2D eigenvalue weighted by Gasteiger charge is -2.06. The lowest BCUT2D eigenvalue weighted by molar-refractivity contribution is 0.604. The highest BCUT2D eigenvalue weighted by Gasteiger charge is 2.11. The summed E-state index contributed by atoms with van der Waals surface area (Å²) >= 11 is 8.99. The van der Waals surface area contributed by atoms with Crippen LogP contribution in [0.2, 0.25) is 5.02 Å². The van der Waals surface area contributed by atoms with Crippen LogP contribution in [0.25, 0.3) is 0 Å². The van der Waals surface area contributed by atoms with Gasteiger partial charge >= 0.3 is 0 Å². The molecular weight excluding hydrogens is 304 g/mol. The fraction of sp³-hybridized carbons (Fsp3) is 0.125. The molecule has 0 aliphatic carbocycles. The van der Waals surface area contributed by atoms with Gasteiger partial charge in [0.15, 0.2) is 5.75 Å². The molecule has 0 atom stereocenters. The van der Waals surface area contributed by atoms with Crippen molar-refractivity contribution >= 4 is 43.2 Å². The van der Waals surface area contributed by atoms with Gasteiger partial charge in [-0.2, -0.15) is 5.26 Å². The molecule has 7 heteroatoms. The smallest absolute Gasteiger partial charge is 0.246 e. The predicted octanol–water partition coefficient (Wildman–Crippen LogP) is 2.37. The minimum Gasteiger partial charge on any atom is -0.281 e. The van der Waals surface area contributed by atoms with Crippen molar-refractivity contribution < 1.29 is 8.42 Å². The largest absolute Gasteiger partial charge is 0.281 e. The summed E-state index contributed by atoms with van der Waals surface area (Å²) in [5, 5.41) is 8.55. The average molecular weight is 310 g/mol. The number of nitrogens with one attached hydrogen (secondary N) is 1.